The van der Waals surface area contributed by atoms with Crippen LogP contribution in [0, 0.1) is 0 Å². The molecule has 2 aliphatic rings. The fourth-order valence-corrected chi connectivity index (χ4v) is 4.62. The number of methoxy groups -OCH3 is 1. The molecule has 1 saturated carbocycles. The molecule has 0 aliphatic heterocycles. The van der Waals surface area contributed by atoms with Crippen molar-refractivity contribution < 1.29 is 14.3 Å². The summed E-state index contributed by atoms with van der Waals surface area (Å²) in [5.41, 5.74) is 10.4. The van der Waals surface area contributed by atoms with Gasteiger partial charge in [0.2, 0.25) is 0 Å². The number of amides is 2. The smallest absolute Gasteiger partial charge is 0.319 e. The molecule has 2 aliphatic carbocycles. The second-order valence-corrected chi connectivity index (χ2v) is 8.26. The van der Waals surface area contributed by atoms with E-state index in [0.29, 0.717) is 28.2 Å². The van der Waals surface area contributed by atoms with Gasteiger partial charge in [0, 0.05) is 23.2 Å². The molecule has 2 aromatic carbocycles. The first-order valence-electron chi connectivity index (χ1n) is 10.8. The van der Waals surface area contributed by atoms with Gasteiger partial charge in [-0.25, -0.2) is 4.79 Å². The van der Waals surface area contributed by atoms with E-state index in [0.717, 1.165) is 42.6 Å². The predicted molar refractivity (Wildman–Crippen MR) is 122 cm³/mol. The highest BCUT2D eigenvalue weighted by Crippen LogP contribution is 2.43. The molecular formula is C24H25N5O3. The lowest BCUT2D eigenvalue weighted by Gasteiger charge is -2.29. The quantitative estimate of drug-likeness (QED) is 0.393. The SMILES string of the molecule is COc1ccc(-c2n[nH]c3c2C(=O)c2c(NC(=O)NC4CCCCC4N)cccc2-3)cc1. The third-order valence-electron chi connectivity index (χ3n) is 6.30. The third kappa shape index (κ3) is 3.42. The standard InChI is InChI=1S/C24H25N5O3/c1-32-14-11-9-13(10-12-14)21-20-22(29-28-21)15-5-4-8-18(19(15)23(20)30)27-24(31)26-17-7-3-2-6-16(17)25/h4-5,8-12,16-17H,2-3,6-7,25H2,1H3,(H,28,29)(H2,26,27,31). The van der Waals surface area contributed by atoms with Crippen LogP contribution >= 0.6 is 0 Å². The van der Waals surface area contributed by atoms with Gasteiger partial charge in [0.1, 0.15) is 11.4 Å². The molecule has 0 radical (unpaired) electrons. The van der Waals surface area contributed by atoms with Crippen LogP contribution in [0.3, 0.4) is 0 Å². The number of aromatic amines is 1. The molecule has 8 nitrogen and oxygen atoms in total. The van der Waals surface area contributed by atoms with Gasteiger partial charge in [-0.2, -0.15) is 5.10 Å². The highest BCUT2D eigenvalue weighted by molar-refractivity contribution is 6.26. The minimum Gasteiger partial charge on any atom is -0.497 e. The number of hydrogen-bond donors (Lipinski definition) is 4. The Morgan fingerprint density at radius 2 is 1.91 bits per heavy atom. The summed E-state index contributed by atoms with van der Waals surface area (Å²) < 4.78 is 5.22. The number of nitrogens with one attached hydrogen (secondary N) is 3. The second kappa shape index (κ2) is 8.12. The summed E-state index contributed by atoms with van der Waals surface area (Å²) in [5.74, 6) is 0.561. The Morgan fingerprint density at radius 3 is 2.66 bits per heavy atom. The van der Waals surface area contributed by atoms with Gasteiger partial charge in [-0.1, -0.05) is 25.0 Å². The number of carbonyl (C=O) groups excluding carboxylic acids is 2. The molecule has 2 atom stereocenters. The van der Waals surface area contributed by atoms with Crippen LogP contribution in [0.2, 0.25) is 0 Å². The maximum atomic E-state index is 13.4. The lowest BCUT2D eigenvalue weighted by Crippen LogP contribution is -2.50. The van der Waals surface area contributed by atoms with E-state index < -0.39 is 0 Å². The summed E-state index contributed by atoms with van der Waals surface area (Å²) in [5, 5.41) is 13.2. The zero-order valence-corrected chi connectivity index (χ0v) is 17.8. The minimum absolute atomic E-state index is 0.0458. The van der Waals surface area contributed by atoms with Crippen LogP contribution in [-0.4, -0.2) is 41.2 Å². The number of carbonyl (C=O) groups is 2. The van der Waals surface area contributed by atoms with Crippen molar-refractivity contribution in [3.8, 4) is 28.3 Å². The van der Waals surface area contributed by atoms with E-state index in [1.54, 1.807) is 13.2 Å². The summed E-state index contributed by atoms with van der Waals surface area (Å²) in [4.78, 5) is 26.1. The Balaban J connectivity index is 1.42. The molecule has 0 bridgehead atoms. The monoisotopic (exact) mass is 431 g/mol. The number of benzene rings is 2. The van der Waals surface area contributed by atoms with Crippen molar-refractivity contribution in [3.05, 3.63) is 53.6 Å². The number of rotatable bonds is 4. The molecule has 2 unspecified atom stereocenters. The highest BCUT2D eigenvalue weighted by Gasteiger charge is 2.35. The summed E-state index contributed by atoms with van der Waals surface area (Å²) >= 11 is 0. The van der Waals surface area contributed by atoms with E-state index in [2.05, 4.69) is 20.8 Å². The number of ketones is 1. The summed E-state index contributed by atoms with van der Waals surface area (Å²) in [6, 6.07) is 12.3. The maximum Gasteiger partial charge on any atom is 0.319 e. The summed E-state index contributed by atoms with van der Waals surface area (Å²) in [6.07, 6.45) is 3.90. The van der Waals surface area contributed by atoms with E-state index in [1.165, 1.54) is 0 Å². The van der Waals surface area contributed by atoms with E-state index in [1.807, 2.05) is 36.4 Å². The molecule has 0 spiro atoms. The molecule has 3 aromatic rings. The van der Waals surface area contributed by atoms with Gasteiger partial charge >= 0.3 is 6.03 Å². The van der Waals surface area contributed by atoms with Gasteiger partial charge in [-0.3, -0.25) is 9.89 Å². The molecule has 5 N–H and O–H groups in total. The number of H-pyrrole nitrogens is 1. The number of anilines is 1. The van der Waals surface area contributed by atoms with Crippen LogP contribution in [-0.2, 0) is 0 Å². The average molecular weight is 431 g/mol. The van der Waals surface area contributed by atoms with Gasteiger partial charge in [0.05, 0.1) is 29.6 Å². The number of aromatic nitrogens is 2. The van der Waals surface area contributed by atoms with Gasteiger partial charge < -0.3 is 21.1 Å². The first-order valence-corrected chi connectivity index (χ1v) is 10.8. The topological polar surface area (TPSA) is 122 Å². The third-order valence-corrected chi connectivity index (χ3v) is 6.30. The Morgan fingerprint density at radius 1 is 1.12 bits per heavy atom. The van der Waals surface area contributed by atoms with Crippen LogP contribution in [0.15, 0.2) is 42.5 Å². The molecule has 1 heterocycles. The van der Waals surface area contributed by atoms with Crippen molar-refractivity contribution in [2.45, 2.75) is 37.8 Å². The number of nitrogens with zero attached hydrogens (tertiary/aromatic N) is 1. The van der Waals surface area contributed by atoms with Crippen LogP contribution in [0.25, 0.3) is 22.5 Å². The largest absolute Gasteiger partial charge is 0.497 e. The summed E-state index contributed by atoms with van der Waals surface area (Å²) in [7, 11) is 1.61. The van der Waals surface area contributed by atoms with Crippen LogP contribution in [0.1, 0.15) is 41.6 Å². The molecule has 1 aromatic heterocycles. The number of nitrogens with two attached hydrogens (primary N) is 1. The van der Waals surface area contributed by atoms with Gasteiger partial charge in [0.15, 0.2) is 5.78 Å². The van der Waals surface area contributed by atoms with E-state index >= 15 is 0 Å². The predicted octanol–water partition coefficient (Wildman–Crippen LogP) is 3.69. The number of urea groups is 1. The molecule has 164 valence electrons. The van der Waals surface area contributed by atoms with Gasteiger partial charge in [-0.05, 0) is 43.2 Å². The molecule has 5 rings (SSSR count). The molecule has 0 saturated heterocycles. The van der Waals surface area contributed by atoms with Crippen molar-refractivity contribution in [3.63, 3.8) is 0 Å². The zero-order chi connectivity index (χ0) is 22.2. The molecule has 32 heavy (non-hydrogen) atoms. The van der Waals surface area contributed by atoms with Gasteiger partial charge in [-0.15, -0.1) is 0 Å². The number of ether oxygens (including phenoxy) is 1. The van der Waals surface area contributed by atoms with Crippen molar-refractivity contribution >= 4 is 17.5 Å². The first-order chi connectivity index (χ1) is 15.6. The lowest BCUT2D eigenvalue weighted by atomic mass is 9.91. The van der Waals surface area contributed by atoms with E-state index in [-0.39, 0.29) is 23.9 Å². The maximum absolute atomic E-state index is 13.4. The Hall–Kier alpha value is -3.65. The van der Waals surface area contributed by atoms with Crippen molar-refractivity contribution in [1.29, 1.82) is 0 Å². The molecule has 2 amide bonds. The first kappa shape index (κ1) is 20.3. The van der Waals surface area contributed by atoms with Crippen LogP contribution in [0.5, 0.6) is 5.75 Å². The van der Waals surface area contributed by atoms with E-state index in [4.69, 9.17) is 10.5 Å². The highest BCUT2D eigenvalue weighted by atomic mass is 16.5. The average Bonchev–Trinajstić information content (AvgIpc) is 3.36. The normalized spacial score (nSPS) is 19.2. The molecule has 1 fully saturated rings. The Labute approximate surface area is 185 Å². The number of hydrogen-bond acceptors (Lipinski definition) is 5. The Bertz CT molecular complexity index is 1180. The minimum atomic E-state index is -0.349. The Kier molecular flexibility index (Phi) is 5.14. The lowest BCUT2D eigenvalue weighted by molar-refractivity contribution is 0.104. The van der Waals surface area contributed by atoms with Gasteiger partial charge in [0.25, 0.3) is 0 Å². The van der Waals surface area contributed by atoms with E-state index in [9.17, 15) is 9.59 Å². The molecular weight excluding hydrogens is 406 g/mol. The fourth-order valence-electron chi connectivity index (χ4n) is 4.62. The number of fused-ring (bicyclic) bond motifs is 3. The summed E-state index contributed by atoms with van der Waals surface area (Å²) in [6.45, 7) is 0. The van der Waals surface area contributed by atoms with Crippen LogP contribution < -0.4 is 21.1 Å². The second-order valence-electron chi connectivity index (χ2n) is 8.26. The van der Waals surface area contributed by atoms with Crippen molar-refractivity contribution in [2.75, 3.05) is 12.4 Å². The van der Waals surface area contributed by atoms with Crippen molar-refractivity contribution in [2.24, 2.45) is 5.73 Å². The van der Waals surface area contributed by atoms with Crippen molar-refractivity contribution in [1.82, 2.24) is 15.5 Å². The van der Waals surface area contributed by atoms with Crippen LogP contribution in [0.4, 0.5) is 10.5 Å². The zero-order valence-electron chi connectivity index (χ0n) is 17.8. The fraction of sp³-hybridized carbons (Fsp3) is 0.292. The molecule has 8 heteroatoms.